The Morgan fingerprint density at radius 1 is 1.00 bits per heavy atom. The van der Waals surface area contributed by atoms with Gasteiger partial charge in [0.1, 0.15) is 0 Å². The number of fused-ring (bicyclic) bond motifs is 1. The minimum atomic E-state index is 0.921. The zero-order valence-electron chi connectivity index (χ0n) is 9.26. The van der Waals surface area contributed by atoms with Gasteiger partial charge in [0.05, 0.1) is 0 Å². The first-order chi connectivity index (χ1) is 6.25. The fraction of sp³-hybridized carbons (Fsp3) is 1.00. The van der Waals surface area contributed by atoms with E-state index in [0.29, 0.717) is 0 Å². The molecule has 13 heavy (non-hydrogen) atoms. The molecule has 0 N–H and O–H groups in total. The van der Waals surface area contributed by atoms with E-state index < -0.39 is 0 Å². The van der Waals surface area contributed by atoms with Crippen LogP contribution in [-0.2, 0) is 0 Å². The van der Waals surface area contributed by atoms with Crippen LogP contribution in [0.4, 0.5) is 0 Å². The summed E-state index contributed by atoms with van der Waals surface area (Å²) in [5.74, 6) is 4.29. The largest absolute Gasteiger partial charge is 0.0628 e. The van der Waals surface area contributed by atoms with Gasteiger partial charge in [0.25, 0.3) is 0 Å². The summed E-state index contributed by atoms with van der Waals surface area (Å²) < 4.78 is 0. The lowest BCUT2D eigenvalue weighted by atomic mass is 9.82. The second-order valence-corrected chi connectivity index (χ2v) is 5.77. The van der Waals surface area contributed by atoms with E-state index in [1.165, 1.54) is 19.3 Å². The second-order valence-electron chi connectivity index (χ2n) is 5.77. The molecule has 0 heteroatoms. The smallest absolute Gasteiger partial charge is 0.0383 e. The van der Waals surface area contributed by atoms with Crippen molar-refractivity contribution >= 4 is 0 Å². The SMILES string of the molecule is CC(C)CC1CC2CCCCC2C1. The topological polar surface area (TPSA) is 0 Å². The normalized spacial score (nSPS) is 39.5. The zero-order valence-corrected chi connectivity index (χ0v) is 9.26. The van der Waals surface area contributed by atoms with Crippen molar-refractivity contribution in [3.8, 4) is 0 Å². The van der Waals surface area contributed by atoms with Gasteiger partial charge in [0, 0.05) is 0 Å². The van der Waals surface area contributed by atoms with Crippen molar-refractivity contribution in [1.29, 1.82) is 0 Å². The summed E-state index contributed by atoms with van der Waals surface area (Å²) in [5, 5.41) is 0. The van der Waals surface area contributed by atoms with Crippen molar-refractivity contribution < 1.29 is 0 Å². The average molecular weight is 180 g/mol. The second kappa shape index (κ2) is 4.02. The molecule has 0 aromatic rings. The van der Waals surface area contributed by atoms with Crippen LogP contribution in [-0.4, -0.2) is 0 Å². The van der Waals surface area contributed by atoms with Crippen molar-refractivity contribution in [1.82, 2.24) is 0 Å². The maximum absolute atomic E-state index is 2.38. The molecule has 2 saturated carbocycles. The van der Waals surface area contributed by atoms with E-state index >= 15 is 0 Å². The monoisotopic (exact) mass is 180 g/mol. The molecule has 0 amide bonds. The maximum atomic E-state index is 2.38. The van der Waals surface area contributed by atoms with Gasteiger partial charge < -0.3 is 0 Å². The maximum Gasteiger partial charge on any atom is -0.0383 e. The Labute approximate surface area is 83.1 Å². The average Bonchev–Trinajstić information content (AvgIpc) is 2.44. The third-order valence-electron chi connectivity index (χ3n) is 4.14. The summed E-state index contributed by atoms with van der Waals surface area (Å²) in [6, 6.07) is 0. The van der Waals surface area contributed by atoms with E-state index in [0.717, 1.165) is 23.7 Å². The number of hydrogen-bond acceptors (Lipinski definition) is 0. The Bertz CT molecular complexity index is 145. The van der Waals surface area contributed by atoms with Crippen LogP contribution in [0.3, 0.4) is 0 Å². The Kier molecular flexibility index (Phi) is 2.96. The van der Waals surface area contributed by atoms with Crippen molar-refractivity contribution in [2.24, 2.45) is 23.7 Å². The van der Waals surface area contributed by atoms with Crippen molar-refractivity contribution in [3.63, 3.8) is 0 Å². The molecule has 2 aliphatic rings. The fourth-order valence-corrected chi connectivity index (χ4v) is 3.72. The number of hydrogen-bond donors (Lipinski definition) is 0. The molecule has 0 radical (unpaired) electrons. The van der Waals surface area contributed by atoms with Gasteiger partial charge in [-0.2, -0.15) is 0 Å². The van der Waals surface area contributed by atoms with Crippen LogP contribution in [0.1, 0.15) is 58.8 Å². The molecule has 0 saturated heterocycles. The molecule has 2 aliphatic carbocycles. The molecule has 0 spiro atoms. The van der Waals surface area contributed by atoms with Gasteiger partial charge in [-0.1, -0.05) is 39.5 Å². The van der Waals surface area contributed by atoms with Gasteiger partial charge in [-0.15, -0.1) is 0 Å². The quantitative estimate of drug-likeness (QED) is 0.596. The van der Waals surface area contributed by atoms with E-state index in [-0.39, 0.29) is 0 Å². The van der Waals surface area contributed by atoms with Gasteiger partial charge in [0.15, 0.2) is 0 Å². The van der Waals surface area contributed by atoms with Crippen LogP contribution in [0.5, 0.6) is 0 Å². The molecule has 0 bridgehead atoms. The minimum absolute atomic E-state index is 0.921. The standard InChI is InChI=1S/C13H24/c1-10(2)7-11-8-12-5-3-4-6-13(12)9-11/h10-13H,3-9H2,1-2H3. The van der Waals surface area contributed by atoms with Crippen LogP contribution in [0, 0.1) is 23.7 Å². The summed E-state index contributed by atoms with van der Waals surface area (Å²) in [6.45, 7) is 4.75. The van der Waals surface area contributed by atoms with Gasteiger partial charge in [-0.3, -0.25) is 0 Å². The molecule has 2 atom stereocenters. The molecule has 2 rings (SSSR count). The van der Waals surface area contributed by atoms with Gasteiger partial charge in [-0.25, -0.2) is 0 Å². The molecular formula is C13H24. The van der Waals surface area contributed by atoms with Crippen molar-refractivity contribution in [2.45, 2.75) is 58.8 Å². The molecule has 2 unspecified atom stereocenters. The van der Waals surface area contributed by atoms with Crippen molar-refractivity contribution in [2.75, 3.05) is 0 Å². The lowest BCUT2D eigenvalue weighted by Gasteiger charge is -2.24. The van der Waals surface area contributed by atoms with E-state index in [9.17, 15) is 0 Å². The molecule has 0 aromatic heterocycles. The Morgan fingerprint density at radius 3 is 2.00 bits per heavy atom. The summed E-state index contributed by atoms with van der Waals surface area (Å²) in [7, 11) is 0. The summed E-state index contributed by atoms with van der Waals surface area (Å²) in [4.78, 5) is 0. The molecule has 76 valence electrons. The Balaban J connectivity index is 1.84. The van der Waals surface area contributed by atoms with Gasteiger partial charge in [0.2, 0.25) is 0 Å². The van der Waals surface area contributed by atoms with Crippen LogP contribution >= 0.6 is 0 Å². The van der Waals surface area contributed by atoms with E-state index in [2.05, 4.69) is 13.8 Å². The van der Waals surface area contributed by atoms with Crippen LogP contribution in [0.25, 0.3) is 0 Å². The third kappa shape index (κ3) is 2.27. The van der Waals surface area contributed by atoms with Crippen LogP contribution in [0.15, 0.2) is 0 Å². The molecule has 0 heterocycles. The lowest BCUT2D eigenvalue weighted by Crippen LogP contribution is -2.12. The summed E-state index contributed by atoms with van der Waals surface area (Å²) in [5.41, 5.74) is 0. The van der Waals surface area contributed by atoms with E-state index in [1.807, 2.05) is 0 Å². The number of rotatable bonds is 2. The van der Waals surface area contributed by atoms with Gasteiger partial charge >= 0.3 is 0 Å². The molecule has 0 nitrogen and oxygen atoms in total. The highest BCUT2D eigenvalue weighted by molar-refractivity contribution is 4.86. The highest BCUT2D eigenvalue weighted by atomic mass is 14.4. The first-order valence-corrected chi connectivity index (χ1v) is 6.25. The minimum Gasteiger partial charge on any atom is -0.0628 e. The highest BCUT2D eigenvalue weighted by Crippen LogP contribution is 2.46. The zero-order chi connectivity index (χ0) is 9.26. The summed E-state index contributed by atoms with van der Waals surface area (Å²) >= 11 is 0. The first kappa shape index (κ1) is 9.55. The predicted molar refractivity (Wildman–Crippen MR) is 57.6 cm³/mol. The molecular weight excluding hydrogens is 156 g/mol. The predicted octanol–water partition coefficient (Wildman–Crippen LogP) is 4.25. The molecule has 2 fully saturated rings. The van der Waals surface area contributed by atoms with Crippen LogP contribution in [0.2, 0.25) is 0 Å². The Hall–Kier alpha value is 0. The third-order valence-corrected chi connectivity index (χ3v) is 4.14. The van der Waals surface area contributed by atoms with E-state index in [4.69, 9.17) is 0 Å². The highest BCUT2D eigenvalue weighted by Gasteiger charge is 2.35. The van der Waals surface area contributed by atoms with E-state index in [1.54, 1.807) is 25.7 Å². The fourth-order valence-electron chi connectivity index (χ4n) is 3.72. The lowest BCUT2D eigenvalue weighted by molar-refractivity contribution is 0.277. The first-order valence-electron chi connectivity index (χ1n) is 6.25. The van der Waals surface area contributed by atoms with Crippen molar-refractivity contribution in [3.05, 3.63) is 0 Å². The van der Waals surface area contributed by atoms with Gasteiger partial charge in [-0.05, 0) is 42.9 Å². The summed E-state index contributed by atoms with van der Waals surface area (Å²) in [6.07, 6.45) is 10.8. The molecule has 0 aliphatic heterocycles. The van der Waals surface area contributed by atoms with Crippen LogP contribution < -0.4 is 0 Å². The molecule has 0 aromatic carbocycles. The Morgan fingerprint density at radius 2 is 1.54 bits per heavy atom.